The molecule has 1 fully saturated rings. The molecule has 0 aromatic heterocycles. The zero-order chi connectivity index (χ0) is 15.2. The lowest BCUT2D eigenvalue weighted by Gasteiger charge is -2.35. The van der Waals surface area contributed by atoms with Crippen LogP contribution in [0.2, 0.25) is 0 Å². The number of piperazine rings is 1. The van der Waals surface area contributed by atoms with Crippen molar-refractivity contribution in [2.24, 2.45) is 16.5 Å². The highest BCUT2D eigenvalue weighted by Gasteiger charge is 2.25. The molecule has 1 aliphatic rings. The molecule has 0 unspecified atom stereocenters. The molecular formula is C13H28ClN5O2. The number of aliphatic imine (C=N–C) groups is 1. The maximum absolute atomic E-state index is 11.9. The third kappa shape index (κ3) is 8.62. The van der Waals surface area contributed by atoms with Crippen molar-refractivity contribution in [2.75, 3.05) is 39.3 Å². The average Bonchev–Trinajstić information content (AvgIpc) is 2.33. The third-order valence-electron chi connectivity index (χ3n) is 2.95. The summed E-state index contributed by atoms with van der Waals surface area (Å²) in [6.07, 6.45) is 0.697. The molecule has 1 aliphatic heterocycles. The number of hydrogen-bond acceptors (Lipinski definition) is 4. The summed E-state index contributed by atoms with van der Waals surface area (Å²) in [5.41, 5.74) is 10.1. The van der Waals surface area contributed by atoms with Gasteiger partial charge in [0.15, 0.2) is 5.96 Å². The van der Waals surface area contributed by atoms with Gasteiger partial charge in [0.1, 0.15) is 5.60 Å². The van der Waals surface area contributed by atoms with E-state index in [1.54, 1.807) is 4.90 Å². The van der Waals surface area contributed by atoms with E-state index < -0.39 is 5.60 Å². The number of carbonyl (C=O) groups is 1. The second-order valence-corrected chi connectivity index (χ2v) is 5.97. The van der Waals surface area contributed by atoms with Crippen LogP contribution in [-0.4, -0.2) is 66.7 Å². The van der Waals surface area contributed by atoms with E-state index in [2.05, 4.69) is 9.89 Å². The minimum Gasteiger partial charge on any atom is -0.444 e. The Balaban J connectivity index is 0.00000400. The molecule has 4 N–H and O–H groups in total. The van der Waals surface area contributed by atoms with Crippen LogP contribution in [0.4, 0.5) is 4.79 Å². The van der Waals surface area contributed by atoms with Gasteiger partial charge in [-0.2, -0.15) is 0 Å². The number of nitrogens with two attached hydrogens (primary N) is 2. The van der Waals surface area contributed by atoms with Gasteiger partial charge in [-0.05, 0) is 27.2 Å². The second kappa shape index (κ2) is 8.94. The first kappa shape index (κ1) is 19.8. The summed E-state index contributed by atoms with van der Waals surface area (Å²) in [5.74, 6) is 0.139. The van der Waals surface area contributed by atoms with Gasteiger partial charge in [-0.15, -0.1) is 12.4 Å². The van der Waals surface area contributed by atoms with Gasteiger partial charge in [0, 0.05) is 39.3 Å². The number of nitrogens with zero attached hydrogens (tertiary/aromatic N) is 3. The van der Waals surface area contributed by atoms with E-state index in [0.29, 0.717) is 19.6 Å². The predicted molar refractivity (Wildman–Crippen MR) is 86.8 cm³/mol. The van der Waals surface area contributed by atoms with Gasteiger partial charge in [0.2, 0.25) is 0 Å². The Morgan fingerprint density at radius 1 is 1.19 bits per heavy atom. The van der Waals surface area contributed by atoms with Crippen LogP contribution in [0.5, 0.6) is 0 Å². The molecule has 0 saturated carbocycles. The Bertz CT molecular complexity index is 345. The number of ether oxygens (including phenoxy) is 1. The van der Waals surface area contributed by atoms with Crippen LogP contribution in [0.15, 0.2) is 4.99 Å². The van der Waals surface area contributed by atoms with Gasteiger partial charge in [-0.1, -0.05) is 0 Å². The number of rotatable bonds is 4. The SMILES string of the molecule is CC(C)(C)OC(=O)N1CCN(CCCN=C(N)N)CC1.Cl. The quantitative estimate of drug-likeness (QED) is 0.449. The van der Waals surface area contributed by atoms with Crippen LogP contribution in [-0.2, 0) is 4.74 Å². The van der Waals surface area contributed by atoms with E-state index in [9.17, 15) is 4.79 Å². The van der Waals surface area contributed by atoms with E-state index in [1.165, 1.54) is 0 Å². The molecule has 0 aliphatic carbocycles. The summed E-state index contributed by atoms with van der Waals surface area (Å²) in [5, 5.41) is 0. The minimum absolute atomic E-state index is 0. The summed E-state index contributed by atoms with van der Waals surface area (Å²) < 4.78 is 5.36. The maximum Gasteiger partial charge on any atom is 0.410 e. The summed E-state index contributed by atoms with van der Waals surface area (Å²) in [6, 6.07) is 0. The first-order chi connectivity index (χ1) is 9.28. The molecule has 1 rings (SSSR count). The first-order valence-corrected chi connectivity index (χ1v) is 7.03. The van der Waals surface area contributed by atoms with E-state index in [-0.39, 0.29) is 24.5 Å². The highest BCUT2D eigenvalue weighted by Crippen LogP contribution is 2.11. The molecule has 1 amide bonds. The van der Waals surface area contributed by atoms with Crippen LogP contribution >= 0.6 is 12.4 Å². The summed E-state index contributed by atoms with van der Waals surface area (Å²) in [4.78, 5) is 19.9. The normalized spacial score (nSPS) is 16.0. The summed E-state index contributed by atoms with van der Waals surface area (Å²) >= 11 is 0. The molecule has 124 valence electrons. The predicted octanol–water partition coefficient (Wildman–Crippen LogP) is 0.624. The number of guanidine groups is 1. The van der Waals surface area contributed by atoms with E-state index in [1.807, 2.05) is 20.8 Å². The van der Waals surface area contributed by atoms with Crippen molar-refractivity contribution in [2.45, 2.75) is 32.8 Å². The van der Waals surface area contributed by atoms with Crippen LogP contribution in [0.25, 0.3) is 0 Å². The Kier molecular flexibility index (Phi) is 8.43. The molecule has 0 spiro atoms. The van der Waals surface area contributed by atoms with Gasteiger partial charge in [-0.3, -0.25) is 9.89 Å². The fraction of sp³-hybridized carbons (Fsp3) is 0.846. The molecule has 7 nitrogen and oxygen atoms in total. The van der Waals surface area contributed by atoms with E-state index in [0.717, 1.165) is 26.1 Å². The van der Waals surface area contributed by atoms with Crippen molar-refractivity contribution in [3.63, 3.8) is 0 Å². The Labute approximate surface area is 133 Å². The van der Waals surface area contributed by atoms with Crippen molar-refractivity contribution in [1.82, 2.24) is 9.80 Å². The highest BCUT2D eigenvalue weighted by atomic mass is 35.5. The molecule has 21 heavy (non-hydrogen) atoms. The average molecular weight is 322 g/mol. The fourth-order valence-corrected chi connectivity index (χ4v) is 1.98. The Hall–Kier alpha value is -1.21. The second-order valence-electron chi connectivity index (χ2n) is 5.97. The third-order valence-corrected chi connectivity index (χ3v) is 2.95. The zero-order valence-corrected chi connectivity index (χ0v) is 14.0. The molecule has 0 aromatic carbocycles. The van der Waals surface area contributed by atoms with Gasteiger partial charge < -0.3 is 21.1 Å². The van der Waals surface area contributed by atoms with Crippen molar-refractivity contribution >= 4 is 24.5 Å². The summed E-state index contributed by atoms with van der Waals surface area (Å²) in [7, 11) is 0. The lowest BCUT2D eigenvalue weighted by atomic mass is 10.2. The minimum atomic E-state index is -0.436. The van der Waals surface area contributed by atoms with Crippen LogP contribution in [0, 0.1) is 0 Å². The van der Waals surface area contributed by atoms with Gasteiger partial charge >= 0.3 is 6.09 Å². The zero-order valence-electron chi connectivity index (χ0n) is 13.2. The number of carbonyl (C=O) groups excluding carboxylic acids is 1. The van der Waals surface area contributed by atoms with Crippen LogP contribution in [0.1, 0.15) is 27.2 Å². The molecular weight excluding hydrogens is 294 g/mol. The van der Waals surface area contributed by atoms with Crippen LogP contribution in [0.3, 0.4) is 0 Å². The lowest BCUT2D eigenvalue weighted by molar-refractivity contribution is 0.0145. The van der Waals surface area contributed by atoms with Crippen LogP contribution < -0.4 is 11.5 Å². The van der Waals surface area contributed by atoms with Gasteiger partial charge in [-0.25, -0.2) is 4.79 Å². The monoisotopic (exact) mass is 321 g/mol. The van der Waals surface area contributed by atoms with E-state index >= 15 is 0 Å². The van der Waals surface area contributed by atoms with Gasteiger partial charge in [0.05, 0.1) is 0 Å². The fourth-order valence-electron chi connectivity index (χ4n) is 1.98. The van der Waals surface area contributed by atoms with Crippen molar-refractivity contribution in [3.05, 3.63) is 0 Å². The van der Waals surface area contributed by atoms with Gasteiger partial charge in [0.25, 0.3) is 0 Å². The number of halogens is 1. The lowest BCUT2D eigenvalue weighted by Crippen LogP contribution is -2.50. The number of hydrogen-bond donors (Lipinski definition) is 2. The maximum atomic E-state index is 11.9. The smallest absolute Gasteiger partial charge is 0.410 e. The standard InChI is InChI=1S/C13H27N5O2.ClH/c1-13(2,3)20-12(19)18-9-7-17(8-10-18)6-4-5-16-11(14)15;/h4-10H2,1-3H3,(H4,14,15,16);1H. The number of amides is 1. The molecule has 0 bridgehead atoms. The molecule has 8 heteroatoms. The first-order valence-electron chi connectivity index (χ1n) is 7.03. The topological polar surface area (TPSA) is 97.2 Å². The Morgan fingerprint density at radius 2 is 1.76 bits per heavy atom. The molecule has 0 aromatic rings. The molecule has 1 saturated heterocycles. The molecule has 0 atom stereocenters. The molecule has 1 heterocycles. The highest BCUT2D eigenvalue weighted by molar-refractivity contribution is 5.85. The largest absolute Gasteiger partial charge is 0.444 e. The summed E-state index contributed by atoms with van der Waals surface area (Å²) in [6.45, 7) is 10.4. The van der Waals surface area contributed by atoms with Crippen molar-refractivity contribution in [3.8, 4) is 0 Å². The van der Waals surface area contributed by atoms with E-state index in [4.69, 9.17) is 16.2 Å². The van der Waals surface area contributed by atoms with Crippen molar-refractivity contribution in [1.29, 1.82) is 0 Å². The molecule has 0 radical (unpaired) electrons. The Morgan fingerprint density at radius 3 is 2.24 bits per heavy atom. The van der Waals surface area contributed by atoms with Crippen molar-refractivity contribution < 1.29 is 9.53 Å².